The van der Waals surface area contributed by atoms with Gasteiger partial charge in [-0.3, -0.25) is 0 Å². The second kappa shape index (κ2) is 9.63. The Bertz CT molecular complexity index is 1310. The molecular weight excluding hydrogens is 473 g/mol. The average Bonchev–Trinajstić information content (AvgIpc) is 3.42. The molecule has 13 heteroatoms. The molecule has 0 N–H and O–H groups in total. The predicted molar refractivity (Wildman–Crippen MR) is 119 cm³/mol. The summed E-state index contributed by atoms with van der Waals surface area (Å²) in [6.45, 7) is 0. The fourth-order valence-corrected chi connectivity index (χ4v) is 3.94. The summed E-state index contributed by atoms with van der Waals surface area (Å²) in [5.74, 6) is 2.04. The topological polar surface area (TPSA) is 88.1 Å². The van der Waals surface area contributed by atoms with Gasteiger partial charge in [0.15, 0.2) is 11.5 Å². The first kappa shape index (κ1) is 23.4. The van der Waals surface area contributed by atoms with Crippen molar-refractivity contribution in [2.75, 3.05) is 21.3 Å². The van der Waals surface area contributed by atoms with Gasteiger partial charge in [-0.15, -0.1) is 10.2 Å². The van der Waals surface area contributed by atoms with E-state index in [1.807, 2.05) is 0 Å². The first-order valence-electron chi connectivity index (χ1n) is 9.76. The lowest BCUT2D eigenvalue weighted by atomic mass is 10.1. The van der Waals surface area contributed by atoms with Gasteiger partial charge in [0.2, 0.25) is 10.9 Å². The van der Waals surface area contributed by atoms with Crippen LogP contribution in [0.5, 0.6) is 17.2 Å². The second-order valence-electron chi connectivity index (χ2n) is 6.86. The maximum absolute atomic E-state index is 12.9. The van der Waals surface area contributed by atoms with Crippen molar-refractivity contribution in [3.63, 3.8) is 0 Å². The van der Waals surface area contributed by atoms with Crippen molar-refractivity contribution >= 4 is 23.8 Å². The minimum Gasteiger partial charge on any atom is -0.493 e. The fraction of sp³-hybridized carbons (Fsp3) is 0.238. The molecule has 0 aliphatic carbocycles. The number of thioether (sulfide) groups is 1. The van der Waals surface area contributed by atoms with Gasteiger partial charge >= 0.3 is 6.18 Å². The number of alkyl halides is 3. The lowest BCUT2D eigenvalue weighted by Crippen LogP contribution is -2.04. The molecule has 34 heavy (non-hydrogen) atoms. The van der Waals surface area contributed by atoms with Crippen LogP contribution in [-0.4, -0.2) is 52.0 Å². The molecule has 0 unspecified atom stereocenters. The monoisotopic (exact) mass is 492 g/mol. The van der Waals surface area contributed by atoms with Gasteiger partial charge in [-0.25, -0.2) is 0 Å². The highest BCUT2D eigenvalue weighted by atomic mass is 32.2. The smallest absolute Gasteiger partial charge is 0.416 e. The molecule has 0 spiro atoms. The normalized spacial score (nSPS) is 11.9. The molecule has 2 aromatic heterocycles. The van der Waals surface area contributed by atoms with Crippen LogP contribution in [0.1, 0.15) is 16.7 Å². The molecule has 2 heterocycles. The van der Waals surface area contributed by atoms with Crippen LogP contribution in [0.25, 0.3) is 5.78 Å². The minimum atomic E-state index is -4.39. The lowest BCUT2D eigenvalue weighted by molar-refractivity contribution is -0.137. The number of ether oxygens (including phenoxy) is 3. The molecule has 9 nitrogen and oxygen atoms in total. The van der Waals surface area contributed by atoms with E-state index >= 15 is 0 Å². The van der Waals surface area contributed by atoms with Gasteiger partial charge in [-0.1, -0.05) is 30.0 Å². The number of rotatable bonds is 8. The van der Waals surface area contributed by atoms with Crippen molar-refractivity contribution in [2.24, 2.45) is 5.10 Å². The van der Waals surface area contributed by atoms with E-state index in [0.29, 0.717) is 39.3 Å². The second-order valence-corrected chi connectivity index (χ2v) is 7.80. The van der Waals surface area contributed by atoms with Crippen LogP contribution in [0, 0.1) is 0 Å². The SMILES string of the molecule is COc1cc(C=Nn2cnn3c(SCc4cccc(C(F)(F)F)c4)nnc23)cc(OC)c1OC. The molecule has 0 aliphatic heterocycles. The van der Waals surface area contributed by atoms with Crippen molar-refractivity contribution in [1.82, 2.24) is 24.5 Å². The number of fused-ring (bicyclic) bond motifs is 1. The highest BCUT2D eigenvalue weighted by Gasteiger charge is 2.30. The van der Waals surface area contributed by atoms with Crippen LogP contribution < -0.4 is 14.2 Å². The summed E-state index contributed by atoms with van der Waals surface area (Å²) in [7, 11) is 4.56. The number of benzene rings is 2. The molecule has 4 aromatic rings. The number of aromatic nitrogens is 5. The average molecular weight is 492 g/mol. The zero-order chi connectivity index (χ0) is 24.3. The summed E-state index contributed by atoms with van der Waals surface area (Å²) >= 11 is 1.22. The molecule has 0 saturated heterocycles. The Morgan fingerprint density at radius 2 is 1.76 bits per heavy atom. The standard InChI is InChI=1S/C21H19F3N6O3S/c1-31-16-8-14(9-17(32-2)18(16)33-3)10-25-29-12-26-30-19(29)27-28-20(30)34-11-13-5-4-6-15(7-13)21(22,23)24/h4-10,12H,11H2,1-3H3. The van der Waals surface area contributed by atoms with Gasteiger partial charge in [0.25, 0.3) is 5.78 Å². The van der Waals surface area contributed by atoms with E-state index < -0.39 is 11.7 Å². The number of halogens is 3. The third-order valence-corrected chi connectivity index (χ3v) is 5.71. The first-order chi connectivity index (χ1) is 16.3. The number of nitrogens with zero attached hydrogens (tertiary/aromatic N) is 6. The lowest BCUT2D eigenvalue weighted by Gasteiger charge is -2.12. The van der Waals surface area contributed by atoms with Crippen molar-refractivity contribution in [3.8, 4) is 17.2 Å². The third kappa shape index (κ3) is 4.78. The van der Waals surface area contributed by atoms with Crippen LogP contribution in [0.3, 0.4) is 0 Å². The molecule has 0 bridgehead atoms. The quantitative estimate of drug-likeness (QED) is 0.270. The van der Waals surface area contributed by atoms with Gasteiger partial charge in [-0.2, -0.15) is 32.6 Å². The van der Waals surface area contributed by atoms with Crippen LogP contribution in [0.2, 0.25) is 0 Å². The summed E-state index contributed by atoms with van der Waals surface area (Å²) in [5, 5.41) is 17.2. The van der Waals surface area contributed by atoms with E-state index in [2.05, 4.69) is 20.4 Å². The third-order valence-electron chi connectivity index (χ3n) is 4.72. The Hall–Kier alpha value is -3.74. The number of hydrogen-bond donors (Lipinski definition) is 0. The zero-order valence-electron chi connectivity index (χ0n) is 18.3. The maximum Gasteiger partial charge on any atom is 0.416 e. The summed E-state index contributed by atoms with van der Waals surface area (Å²) in [4.78, 5) is 0. The Kier molecular flexibility index (Phi) is 6.63. The summed E-state index contributed by atoms with van der Waals surface area (Å²) in [5.41, 5.74) is 0.499. The largest absolute Gasteiger partial charge is 0.493 e. The Morgan fingerprint density at radius 1 is 1.03 bits per heavy atom. The van der Waals surface area contributed by atoms with Crippen molar-refractivity contribution in [3.05, 3.63) is 59.4 Å². The molecule has 0 amide bonds. The van der Waals surface area contributed by atoms with E-state index in [9.17, 15) is 13.2 Å². The molecular formula is C21H19F3N6O3S. The fourth-order valence-electron chi connectivity index (χ4n) is 3.12. The summed E-state index contributed by atoms with van der Waals surface area (Å²) in [6.07, 6.45) is -1.37. The maximum atomic E-state index is 12.9. The number of hydrogen-bond acceptors (Lipinski definition) is 8. The van der Waals surface area contributed by atoms with Gasteiger partial charge in [0.1, 0.15) is 6.33 Å². The highest BCUT2D eigenvalue weighted by molar-refractivity contribution is 7.98. The molecule has 178 valence electrons. The van der Waals surface area contributed by atoms with Gasteiger partial charge in [0, 0.05) is 11.3 Å². The minimum absolute atomic E-state index is 0.270. The van der Waals surface area contributed by atoms with E-state index in [1.54, 1.807) is 24.4 Å². The van der Waals surface area contributed by atoms with Crippen LogP contribution in [0.4, 0.5) is 13.2 Å². The van der Waals surface area contributed by atoms with Crippen molar-refractivity contribution in [2.45, 2.75) is 17.1 Å². The van der Waals surface area contributed by atoms with E-state index in [0.717, 1.165) is 12.1 Å². The van der Waals surface area contributed by atoms with Gasteiger partial charge in [-0.05, 0) is 23.8 Å². The van der Waals surface area contributed by atoms with Crippen molar-refractivity contribution in [1.29, 1.82) is 0 Å². The van der Waals surface area contributed by atoms with E-state index in [1.165, 1.54) is 54.7 Å². The molecule has 0 aliphatic rings. The summed E-state index contributed by atoms with van der Waals surface area (Å²) < 4.78 is 57.7. The molecule has 2 aromatic carbocycles. The zero-order valence-corrected chi connectivity index (χ0v) is 19.1. The molecule has 0 fully saturated rings. The molecule has 0 saturated carbocycles. The number of methoxy groups -OCH3 is 3. The highest BCUT2D eigenvalue weighted by Crippen LogP contribution is 2.37. The molecule has 0 atom stereocenters. The predicted octanol–water partition coefficient (Wildman–Crippen LogP) is 4.14. The molecule has 4 rings (SSSR count). The van der Waals surface area contributed by atoms with Crippen LogP contribution in [0.15, 0.2) is 53.0 Å². The van der Waals surface area contributed by atoms with Gasteiger partial charge < -0.3 is 14.2 Å². The first-order valence-corrected chi connectivity index (χ1v) is 10.7. The molecule has 0 radical (unpaired) electrons. The van der Waals surface area contributed by atoms with Crippen molar-refractivity contribution < 1.29 is 27.4 Å². The van der Waals surface area contributed by atoms with Gasteiger partial charge in [0.05, 0.1) is 33.1 Å². The van der Waals surface area contributed by atoms with Crippen LogP contribution in [-0.2, 0) is 11.9 Å². The van der Waals surface area contributed by atoms with E-state index in [-0.39, 0.29) is 5.75 Å². The Morgan fingerprint density at radius 3 is 2.41 bits per heavy atom. The summed E-state index contributed by atoms with van der Waals surface area (Å²) in [6, 6.07) is 8.63. The Balaban J connectivity index is 1.53. The Labute approximate surface area is 196 Å². The van der Waals surface area contributed by atoms with E-state index in [4.69, 9.17) is 14.2 Å². The van der Waals surface area contributed by atoms with Crippen LogP contribution >= 0.6 is 11.8 Å².